The summed E-state index contributed by atoms with van der Waals surface area (Å²) in [5, 5.41) is 0. The molecule has 0 unspecified atom stereocenters. The maximum atomic E-state index is 11.8. The van der Waals surface area contributed by atoms with Crippen LogP contribution in [0.25, 0.3) is 0 Å². The summed E-state index contributed by atoms with van der Waals surface area (Å²) in [4.78, 5) is 26.3. The van der Waals surface area contributed by atoms with Crippen molar-refractivity contribution in [3.8, 4) is 0 Å². The van der Waals surface area contributed by atoms with E-state index in [1.165, 1.54) is 9.79 Å². The molecule has 0 aromatic heterocycles. The van der Waals surface area contributed by atoms with Crippen LogP contribution in [0.2, 0.25) is 0 Å². The van der Waals surface area contributed by atoms with Gasteiger partial charge in [0.05, 0.1) is 0 Å². The van der Waals surface area contributed by atoms with Gasteiger partial charge in [-0.3, -0.25) is 9.59 Å². The SMILES string of the molecule is O=C(c1ccccc1)c1ccccc1.O=C(c1ccccc1)c1ccccc1.c1ccc(Sc2ccccc2)cc1. The summed E-state index contributed by atoms with van der Waals surface area (Å²) in [5.74, 6) is 0.150. The molecule has 0 aliphatic heterocycles. The van der Waals surface area contributed by atoms with E-state index >= 15 is 0 Å². The molecule has 0 saturated heterocycles. The van der Waals surface area contributed by atoms with Crippen LogP contribution in [0.4, 0.5) is 0 Å². The Bertz CT molecular complexity index is 1380. The van der Waals surface area contributed by atoms with Crippen molar-refractivity contribution < 1.29 is 9.59 Å². The zero-order valence-electron chi connectivity index (χ0n) is 22.5. The topological polar surface area (TPSA) is 34.1 Å². The first-order valence-electron chi connectivity index (χ1n) is 13.3. The predicted molar refractivity (Wildman–Crippen MR) is 170 cm³/mol. The van der Waals surface area contributed by atoms with E-state index in [-0.39, 0.29) is 11.6 Å². The zero-order chi connectivity index (χ0) is 28.5. The smallest absolute Gasteiger partial charge is 0.193 e. The highest BCUT2D eigenvalue weighted by Crippen LogP contribution is 2.26. The molecule has 200 valence electrons. The molecule has 6 rings (SSSR count). The van der Waals surface area contributed by atoms with Gasteiger partial charge in [-0.15, -0.1) is 0 Å². The number of rotatable bonds is 6. The fourth-order valence-electron chi connectivity index (χ4n) is 3.80. The van der Waals surface area contributed by atoms with Gasteiger partial charge in [0.1, 0.15) is 0 Å². The van der Waals surface area contributed by atoms with Gasteiger partial charge in [-0.2, -0.15) is 0 Å². The minimum atomic E-state index is 0.0752. The summed E-state index contributed by atoms with van der Waals surface area (Å²) in [6.45, 7) is 0. The summed E-state index contributed by atoms with van der Waals surface area (Å²) in [6.07, 6.45) is 0. The average Bonchev–Trinajstić information content (AvgIpc) is 3.07. The fraction of sp³-hybridized carbons (Fsp3) is 0. The monoisotopic (exact) mass is 550 g/mol. The number of carbonyl (C=O) groups excluding carboxylic acids is 2. The standard InChI is InChI=1S/2C13H10O.C12H10S/c2*14-13(11-7-3-1-4-8-11)12-9-5-2-6-10-12;1-3-7-11(8-4-1)13-12-9-5-2-6-10-12/h2*1-10H;1-10H. The van der Waals surface area contributed by atoms with Crippen LogP contribution in [-0.4, -0.2) is 11.6 Å². The molecule has 0 N–H and O–H groups in total. The van der Waals surface area contributed by atoms with Crippen molar-refractivity contribution in [2.75, 3.05) is 0 Å². The molecule has 6 aromatic carbocycles. The normalized spacial score (nSPS) is 9.76. The molecule has 0 atom stereocenters. The first-order chi connectivity index (χ1) is 20.2. The lowest BCUT2D eigenvalue weighted by Crippen LogP contribution is -1.99. The Balaban J connectivity index is 0.000000142. The van der Waals surface area contributed by atoms with Crippen LogP contribution in [0.1, 0.15) is 31.8 Å². The van der Waals surface area contributed by atoms with Crippen molar-refractivity contribution in [1.29, 1.82) is 0 Å². The van der Waals surface area contributed by atoms with Gasteiger partial charge < -0.3 is 0 Å². The van der Waals surface area contributed by atoms with Crippen molar-refractivity contribution in [2.45, 2.75) is 9.79 Å². The van der Waals surface area contributed by atoms with E-state index in [4.69, 9.17) is 0 Å². The third kappa shape index (κ3) is 9.61. The lowest BCUT2D eigenvalue weighted by atomic mass is 10.0. The van der Waals surface area contributed by atoms with Gasteiger partial charge in [0, 0.05) is 32.0 Å². The number of carbonyl (C=O) groups is 2. The van der Waals surface area contributed by atoms with Crippen LogP contribution in [0.15, 0.2) is 192 Å². The molecule has 0 fully saturated rings. The fourth-order valence-corrected chi connectivity index (χ4v) is 4.66. The van der Waals surface area contributed by atoms with Gasteiger partial charge in [0.25, 0.3) is 0 Å². The molecule has 2 nitrogen and oxygen atoms in total. The Hall–Kier alpha value is -4.99. The second-order valence-electron chi connectivity index (χ2n) is 8.85. The van der Waals surface area contributed by atoms with Gasteiger partial charge in [-0.25, -0.2) is 0 Å². The molecule has 41 heavy (non-hydrogen) atoms. The lowest BCUT2D eigenvalue weighted by molar-refractivity contribution is 0.103. The Morgan fingerprint density at radius 3 is 0.707 bits per heavy atom. The van der Waals surface area contributed by atoms with E-state index in [0.717, 1.165) is 22.3 Å². The third-order valence-electron chi connectivity index (χ3n) is 5.87. The maximum Gasteiger partial charge on any atom is 0.193 e. The van der Waals surface area contributed by atoms with Crippen molar-refractivity contribution in [2.24, 2.45) is 0 Å². The highest BCUT2D eigenvalue weighted by atomic mass is 32.2. The number of benzene rings is 6. The minimum Gasteiger partial charge on any atom is -0.289 e. The van der Waals surface area contributed by atoms with Crippen molar-refractivity contribution in [3.63, 3.8) is 0 Å². The van der Waals surface area contributed by atoms with Gasteiger partial charge in [0.2, 0.25) is 0 Å². The number of hydrogen-bond acceptors (Lipinski definition) is 3. The van der Waals surface area contributed by atoms with Gasteiger partial charge in [0.15, 0.2) is 11.6 Å². The largest absolute Gasteiger partial charge is 0.289 e. The summed E-state index contributed by atoms with van der Waals surface area (Å²) in [7, 11) is 0. The molecule has 0 heterocycles. The van der Waals surface area contributed by atoms with Crippen molar-refractivity contribution >= 4 is 23.3 Å². The second-order valence-corrected chi connectivity index (χ2v) is 10.00. The average molecular weight is 551 g/mol. The maximum absolute atomic E-state index is 11.8. The van der Waals surface area contributed by atoms with Gasteiger partial charge >= 0.3 is 0 Å². The van der Waals surface area contributed by atoms with Crippen LogP contribution in [0.3, 0.4) is 0 Å². The quantitative estimate of drug-likeness (QED) is 0.194. The molecule has 0 saturated carbocycles. The second kappa shape index (κ2) is 16.2. The highest BCUT2D eigenvalue weighted by molar-refractivity contribution is 7.99. The van der Waals surface area contributed by atoms with Crippen LogP contribution in [-0.2, 0) is 0 Å². The van der Waals surface area contributed by atoms with Gasteiger partial charge in [-0.05, 0) is 24.3 Å². The van der Waals surface area contributed by atoms with Gasteiger partial charge in [-0.1, -0.05) is 169 Å². The lowest BCUT2D eigenvalue weighted by Gasteiger charge is -1.99. The van der Waals surface area contributed by atoms with Crippen molar-refractivity contribution in [1.82, 2.24) is 0 Å². The Morgan fingerprint density at radius 2 is 0.488 bits per heavy atom. The number of hydrogen-bond donors (Lipinski definition) is 0. The summed E-state index contributed by atoms with van der Waals surface area (Å²) >= 11 is 1.79. The minimum absolute atomic E-state index is 0.0752. The Labute approximate surface area is 246 Å². The molecular weight excluding hydrogens is 520 g/mol. The van der Waals surface area contributed by atoms with Crippen LogP contribution in [0, 0.1) is 0 Å². The summed E-state index contributed by atoms with van der Waals surface area (Å²) in [5.41, 5.74) is 2.94. The third-order valence-corrected chi connectivity index (χ3v) is 6.88. The molecule has 0 bridgehead atoms. The molecule has 3 heteroatoms. The highest BCUT2D eigenvalue weighted by Gasteiger charge is 2.07. The van der Waals surface area contributed by atoms with Crippen LogP contribution < -0.4 is 0 Å². The summed E-state index contributed by atoms with van der Waals surface area (Å²) in [6, 6.07) is 58.0. The van der Waals surface area contributed by atoms with E-state index in [2.05, 4.69) is 48.5 Å². The van der Waals surface area contributed by atoms with E-state index in [9.17, 15) is 9.59 Å². The van der Waals surface area contributed by atoms with E-state index in [1.54, 1.807) is 11.8 Å². The Kier molecular flexibility index (Phi) is 11.5. The number of ketones is 2. The molecule has 0 radical (unpaired) electrons. The molecule has 0 spiro atoms. The molecule has 0 aliphatic rings. The van der Waals surface area contributed by atoms with Crippen LogP contribution >= 0.6 is 11.8 Å². The molecule has 0 aliphatic carbocycles. The van der Waals surface area contributed by atoms with E-state index in [1.807, 2.05) is 133 Å². The van der Waals surface area contributed by atoms with Crippen LogP contribution in [0.5, 0.6) is 0 Å². The first-order valence-corrected chi connectivity index (χ1v) is 14.1. The zero-order valence-corrected chi connectivity index (χ0v) is 23.4. The predicted octanol–water partition coefficient (Wildman–Crippen LogP) is 9.67. The Morgan fingerprint density at radius 1 is 0.293 bits per heavy atom. The van der Waals surface area contributed by atoms with Crippen molar-refractivity contribution in [3.05, 3.63) is 204 Å². The van der Waals surface area contributed by atoms with E-state index < -0.39 is 0 Å². The molecule has 6 aromatic rings. The first kappa shape index (κ1) is 29.0. The molecule has 0 amide bonds. The van der Waals surface area contributed by atoms with E-state index in [0.29, 0.717) is 0 Å². The molecular formula is C38H30O2S. The summed E-state index contributed by atoms with van der Waals surface area (Å²) < 4.78 is 0.